The van der Waals surface area contributed by atoms with Crippen molar-refractivity contribution in [2.45, 2.75) is 6.92 Å². The summed E-state index contributed by atoms with van der Waals surface area (Å²) in [7, 11) is 0. The number of carbonyl (C=O) groups excluding carboxylic acids is 2. The van der Waals surface area contributed by atoms with E-state index in [1.807, 2.05) is 0 Å². The molecule has 0 atom stereocenters. The van der Waals surface area contributed by atoms with Crippen LogP contribution in [0.4, 0.5) is 0 Å². The van der Waals surface area contributed by atoms with Crippen LogP contribution in [-0.4, -0.2) is 18.9 Å². The van der Waals surface area contributed by atoms with Crippen LogP contribution in [0, 0.1) is 0 Å². The maximum absolute atomic E-state index is 10.7. The van der Waals surface area contributed by atoms with E-state index >= 15 is 0 Å². The Morgan fingerprint density at radius 3 is 2.73 bits per heavy atom. The van der Waals surface area contributed by atoms with Crippen LogP contribution in [0.3, 0.4) is 0 Å². The molecule has 0 rings (SSSR count). The quantitative estimate of drug-likeness (QED) is 0.261. The van der Waals surface area contributed by atoms with E-state index in [1.54, 1.807) is 0 Å². The van der Waals surface area contributed by atoms with Gasteiger partial charge in [-0.1, -0.05) is 12.7 Å². The molecule has 60 valence electrons. The fourth-order valence-corrected chi connectivity index (χ4v) is 0.403. The second-order valence-corrected chi connectivity index (χ2v) is 1.92. The SMILES string of the molecule is C=CCOC(=O)/C=C(\C)C=O. The van der Waals surface area contributed by atoms with Crippen molar-refractivity contribution < 1.29 is 14.3 Å². The third-order valence-corrected chi connectivity index (χ3v) is 0.875. The third-order valence-electron chi connectivity index (χ3n) is 0.875. The van der Waals surface area contributed by atoms with Gasteiger partial charge in [-0.15, -0.1) is 0 Å². The molecule has 0 amide bonds. The number of carbonyl (C=O) groups is 2. The Kier molecular flexibility index (Phi) is 4.73. The van der Waals surface area contributed by atoms with Crippen molar-refractivity contribution in [2.75, 3.05) is 6.61 Å². The van der Waals surface area contributed by atoms with E-state index in [0.717, 1.165) is 6.08 Å². The minimum absolute atomic E-state index is 0.168. The van der Waals surface area contributed by atoms with Crippen molar-refractivity contribution in [3.8, 4) is 0 Å². The van der Waals surface area contributed by atoms with Crippen molar-refractivity contribution in [3.05, 3.63) is 24.3 Å². The maximum atomic E-state index is 10.7. The van der Waals surface area contributed by atoms with Gasteiger partial charge in [0.2, 0.25) is 0 Å². The number of hydrogen-bond acceptors (Lipinski definition) is 3. The molecule has 0 aliphatic heterocycles. The first-order valence-electron chi connectivity index (χ1n) is 3.12. The number of hydrogen-bond donors (Lipinski definition) is 0. The summed E-state index contributed by atoms with van der Waals surface area (Å²) in [5.41, 5.74) is 0.346. The highest BCUT2D eigenvalue weighted by Gasteiger charge is 1.95. The van der Waals surface area contributed by atoms with Gasteiger partial charge in [0.15, 0.2) is 0 Å². The highest BCUT2D eigenvalue weighted by molar-refractivity contribution is 5.89. The highest BCUT2D eigenvalue weighted by Crippen LogP contribution is 1.88. The van der Waals surface area contributed by atoms with Crippen molar-refractivity contribution in [2.24, 2.45) is 0 Å². The Balaban J connectivity index is 3.85. The molecule has 0 saturated heterocycles. The van der Waals surface area contributed by atoms with Gasteiger partial charge >= 0.3 is 5.97 Å². The van der Waals surface area contributed by atoms with E-state index in [0.29, 0.717) is 11.9 Å². The van der Waals surface area contributed by atoms with Crippen LogP contribution in [0.1, 0.15) is 6.92 Å². The zero-order valence-corrected chi connectivity index (χ0v) is 6.37. The van der Waals surface area contributed by atoms with Crippen LogP contribution in [-0.2, 0) is 14.3 Å². The number of rotatable bonds is 4. The van der Waals surface area contributed by atoms with Crippen LogP contribution in [0.15, 0.2) is 24.3 Å². The van der Waals surface area contributed by atoms with Gasteiger partial charge < -0.3 is 4.74 Å². The van der Waals surface area contributed by atoms with Gasteiger partial charge in [-0.3, -0.25) is 4.79 Å². The zero-order chi connectivity index (χ0) is 8.69. The van der Waals surface area contributed by atoms with Gasteiger partial charge in [-0.25, -0.2) is 4.79 Å². The molecule has 0 aliphatic carbocycles. The molecule has 3 nitrogen and oxygen atoms in total. The third kappa shape index (κ3) is 5.08. The summed E-state index contributed by atoms with van der Waals surface area (Å²) < 4.78 is 4.57. The standard InChI is InChI=1S/C8H10O3/c1-3-4-11-8(10)5-7(2)6-9/h3,5-6H,1,4H2,2H3/b7-5+. The molecular formula is C8H10O3. The smallest absolute Gasteiger partial charge is 0.331 e. The molecule has 3 heteroatoms. The summed E-state index contributed by atoms with van der Waals surface area (Å²) in [5, 5.41) is 0. The lowest BCUT2D eigenvalue weighted by Crippen LogP contribution is -2.01. The molecule has 0 aliphatic rings. The van der Waals surface area contributed by atoms with Crippen LogP contribution < -0.4 is 0 Å². The first-order chi connectivity index (χ1) is 5.20. The lowest BCUT2D eigenvalue weighted by atomic mass is 10.3. The molecule has 0 heterocycles. The lowest BCUT2D eigenvalue weighted by Gasteiger charge is -1.94. The van der Waals surface area contributed by atoms with Crippen molar-refractivity contribution in [3.63, 3.8) is 0 Å². The molecule has 0 aromatic heterocycles. The van der Waals surface area contributed by atoms with E-state index in [2.05, 4.69) is 11.3 Å². The molecule has 11 heavy (non-hydrogen) atoms. The van der Waals surface area contributed by atoms with E-state index in [9.17, 15) is 9.59 Å². The molecule has 0 fully saturated rings. The maximum Gasteiger partial charge on any atom is 0.331 e. The number of esters is 1. The molecular weight excluding hydrogens is 144 g/mol. The van der Waals surface area contributed by atoms with Gasteiger partial charge in [-0.2, -0.15) is 0 Å². The second-order valence-electron chi connectivity index (χ2n) is 1.92. The summed E-state index contributed by atoms with van der Waals surface area (Å²) in [6, 6.07) is 0. The van der Waals surface area contributed by atoms with Gasteiger partial charge in [-0.05, 0) is 12.5 Å². The van der Waals surface area contributed by atoms with Gasteiger partial charge in [0.05, 0.1) is 0 Å². The van der Waals surface area contributed by atoms with Gasteiger partial charge in [0, 0.05) is 6.08 Å². The van der Waals surface area contributed by atoms with Crippen molar-refractivity contribution in [1.82, 2.24) is 0 Å². The van der Waals surface area contributed by atoms with Gasteiger partial charge in [0.25, 0.3) is 0 Å². The van der Waals surface area contributed by atoms with Crippen LogP contribution >= 0.6 is 0 Å². The highest BCUT2D eigenvalue weighted by atomic mass is 16.5. The fourth-order valence-electron chi connectivity index (χ4n) is 0.403. The summed E-state index contributed by atoms with van der Waals surface area (Å²) in [5.74, 6) is -0.519. The molecule has 0 spiro atoms. The van der Waals surface area contributed by atoms with Crippen LogP contribution in [0.5, 0.6) is 0 Å². The molecule has 0 aromatic rings. The Labute approximate surface area is 65.4 Å². The minimum atomic E-state index is -0.519. The predicted octanol–water partition coefficient (Wildman–Crippen LogP) is 0.861. The first-order valence-corrected chi connectivity index (χ1v) is 3.12. The number of aldehydes is 1. The first kappa shape index (κ1) is 9.62. The monoisotopic (exact) mass is 154 g/mol. The van der Waals surface area contributed by atoms with E-state index in [4.69, 9.17) is 0 Å². The number of ether oxygens (including phenoxy) is 1. The van der Waals surface area contributed by atoms with Crippen LogP contribution in [0.2, 0.25) is 0 Å². The summed E-state index contributed by atoms with van der Waals surface area (Å²) in [4.78, 5) is 20.7. The molecule has 0 unspecified atom stereocenters. The average molecular weight is 154 g/mol. The Hall–Kier alpha value is -1.38. The van der Waals surface area contributed by atoms with Gasteiger partial charge in [0.1, 0.15) is 12.9 Å². The zero-order valence-electron chi connectivity index (χ0n) is 6.37. The fraction of sp³-hybridized carbons (Fsp3) is 0.250. The lowest BCUT2D eigenvalue weighted by molar-refractivity contribution is -0.136. The predicted molar refractivity (Wildman–Crippen MR) is 41.0 cm³/mol. The average Bonchev–Trinajstić information content (AvgIpc) is 2.00. The molecule has 0 N–H and O–H groups in total. The van der Waals surface area contributed by atoms with E-state index < -0.39 is 5.97 Å². The topological polar surface area (TPSA) is 43.4 Å². The van der Waals surface area contributed by atoms with Crippen molar-refractivity contribution in [1.29, 1.82) is 0 Å². The molecule has 0 radical (unpaired) electrons. The normalized spacial score (nSPS) is 10.5. The summed E-state index contributed by atoms with van der Waals surface area (Å²) >= 11 is 0. The van der Waals surface area contributed by atoms with Crippen LogP contribution in [0.25, 0.3) is 0 Å². The van der Waals surface area contributed by atoms with E-state index in [1.165, 1.54) is 13.0 Å². The summed E-state index contributed by atoms with van der Waals surface area (Å²) in [6.07, 6.45) is 3.19. The molecule has 0 aromatic carbocycles. The minimum Gasteiger partial charge on any atom is -0.458 e. The second kappa shape index (κ2) is 5.41. The Morgan fingerprint density at radius 2 is 2.27 bits per heavy atom. The molecule has 0 bridgehead atoms. The molecule has 0 saturated carbocycles. The summed E-state index contributed by atoms with van der Waals surface area (Å²) in [6.45, 7) is 5.06. The Morgan fingerprint density at radius 1 is 1.64 bits per heavy atom. The number of allylic oxidation sites excluding steroid dienone is 1. The largest absolute Gasteiger partial charge is 0.458 e. The van der Waals surface area contributed by atoms with E-state index in [-0.39, 0.29) is 6.61 Å². The van der Waals surface area contributed by atoms with Crippen molar-refractivity contribution >= 4 is 12.3 Å². The Bertz CT molecular complexity index is 192.